The zero-order valence-electron chi connectivity index (χ0n) is 15.8. The molecule has 0 bridgehead atoms. The van der Waals surface area contributed by atoms with E-state index in [0.29, 0.717) is 18.4 Å². The summed E-state index contributed by atoms with van der Waals surface area (Å²) in [5.74, 6) is -1.26. The number of aliphatic carboxylic acids is 1. The Balaban J connectivity index is 1.93. The summed E-state index contributed by atoms with van der Waals surface area (Å²) < 4.78 is 18.6. The van der Waals surface area contributed by atoms with Crippen LogP contribution < -0.4 is 10.6 Å². The lowest BCUT2D eigenvalue weighted by Crippen LogP contribution is -2.43. The average Bonchev–Trinajstić information content (AvgIpc) is 2.67. The van der Waals surface area contributed by atoms with Crippen LogP contribution in [0.2, 0.25) is 0 Å². The number of carbonyl (C=O) groups is 2. The van der Waals surface area contributed by atoms with E-state index < -0.39 is 12.0 Å². The Hall–Kier alpha value is -2.93. The van der Waals surface area contributed by atoms with Gasteiger partial charge in [-0.1, -0.05) is 36.4 Å². The zero-order chi connectivity index (χ0) is 20.4. The van der Waals surface area contributed by atoms with E-state index in [1.807, 2.05) is 30.3 Å². The van der Waals surface area contributed by atoms with Gasteiger partial charge in [0.15, 0.2) is 0 Å². The van der Waals surface area contributed by atoms with E-state index >= 15 is 0 Å². The summed E-state index contributed by atoms with van der Waals surface area (Å²) in [6, 6.07) is 13.4. The fourth-order valence-corrected chi connectivity index (χ4v) is 2.84. The highest BCUT2D eigenvalue weighted by Crippen LogP contribution is 2.12. The maximum Gasteiger partial charge on any atom is 0.315 e. The molecule has 6 nitrogen and oxygen atoms in total. The molecule has 0 spiro atoms. The molecular weight excluding hydrogens is 363 g/mol. The van der Waals surface area contributed by atoms with Crippen LogP contribution in [0.25, 0.3) is 0 Å². The van der Waals surface area contributed by atoms with Crippen molar-refractivity contribution in [3.05, 3.63) is 71.0 Å². The number of hydrogen-bond acceptors (Lipinski definition) is 3. The van der Waals surface area contributed by atoms with Gasteiger partial charge >= 0.3 is 12.0 Å². The van der Waals surface area contributed by atoms with Crippen LogP contribution in [0.15, 0.2) is 48.5 Å². The predicted molar refractivity (Wildman–Crippen MR) is 103 cm³/mol. The van der Waals surface area contributed by atoms with Gasteiger partial charge in [-0.05, 0) is 36.1 Å². The van der Waals surface area contributed by atoms with Crippen LogP contribution >= 0.6 is 0 Å². The molecule has 0 aliphatic carbocycles. The number of rotatable bonds is 10. The molecule has 1 unspecified atom stereocenters. The van der Waals surface area contributed by atoms with Crippen molar-refractivity contribution < 1.29 is 23.8 Å². The summed E-state index contributed by atoms with van der Waals surface area (Å²) in [7, 11) is 1.49. The number of hydrogen-bond donors (Lipinski definition) is 3. The summed E-state index contributed by atoms with van der Waals surface area (Å²) in [6.07, 6.45) is 0.832. The highest BCUT2D eigenvalue weighted by molar-refractivity contribution is 5.74. The molecule has 1 atom stereocenters. The van der Waals surface area contributed by atoms with E-state index in [0.717, 1.165) is 11.1 Å². The van der Waals surface area contributed by atoms with Crippen LogP contribution in [0, 0.1) is 5.82 Å². The summed E-state index contributed by atoms with van der Waals surface area (Å²) in [4.78, 5) is 23.2. The van der Waals surface area contributed by atoms with Crippen molar-refractivity contribution in [2.24, 2.45) is 0 Å². The number of methoxy groups -OCH3 is 1. The second-order valence-electron chi connectivity index (χ2n) is 6.50. The molecule has 2 aromatic carbocycles. The molecule has 0 radical (unpaired) electrons. The van der Waals surface area contributed by atoms with E-state index in [-0.39, 0.29) is 31.4 Å². The zero-order valence-corrected chi connectivity index (χ0v) is 15.8. The molecule has 0 aromatic heterocycles. The van der Waals surface area contributed by atoms with Crippen molar-refractivity contribution in [3.63, 3.8) is 0 Å². The third kappa shape index (κ3) is 7.36. The first-order valence-corrected chi connectivity index (χ1v) is 9.04. The van der Waals surface area contributed by atoms with E-state index in [2.05, 4.69) is 10.6 Å². The van der Waals surface area contributed by atoms with Crippen molar-refractivity contribution in [1.82, 2.24) is 10.6 Å². The number of carboxylic acids is 1. The van der Waals surface area contributed by atoms with E-state index in [1.54, 1.807) is 12.1 Å². The number of ether oxygens (including phenoxy) is 1. The Morgan fingerprint density at radius 3 is 2.57 bits per heavy atom. The number of carbonyl (C=O) groups excluding carboxylic acids is 1. The van der Waals surface area contributed by atoms with Gasteiger partial charge in [-0.25, -0.2) is 9.18 Å². The van der Waals surface area contributed by atoms with Crippen LogP contribution in [0.1, 0.15) is 29.5 Å². The van der Waals surface area contributed by atoms with Gasteiger partial charge in [-0.15, -0.1) is 0 Å². The Bertz CT molecular complexity index is 783. The van der Waals surface area contributed by atoms with E-state index in [4.69, 9.17) is 9.84 Å². The third-order valence-corrected chi connectivity index (χ3v) is 4.23. The van der Waals surface area contributed by atoms with E-state index in [9.17, 15) is 14.0 Å². The summed E-state index contributed by atoms with van der Waals surface area (Å²) in [5, 5.41) is 14.5. The molecular formula is C21H25FN2O4. The van der Waals surface area contributed by atoms with Gasteiger partial charge in [0.25, 0.3) is 0 Å². The Morgan fingerprint density at radius 2 is 1.89 bits per heavy atom. The SMILES string of the molecule is COCc1cc(CNC(=O)NC(CCC(=O)O)Cc2ccccc2)ccc1F. The Labute approximate surface area is 163 Å². The molecule has 0 aliphatic heterocycles. The van der Waals surface area contributed by atoms with Crippen LogP contribution in [-0.2, 0) is 29.1 Å². The standard InChI is InChI=1S/C21H25FN2O4/c1-28-14-17-11-16(7-9-19(17)22)13-23-21(27)24-18(8-10-20(25)26)12-15-5-3-2-4-6-15/h2-7,9,11,18H,8,10,12-14H2,1H3,(H,25,26)(H2,23,24,27). The van der Waals surface area contributed by atoms with Crippen LogP contribution in [0.3, 0.4) is 0 Å². The quantitative estimate of drug-likeness (QED) is 0.583. The van der Waals surface area contributed by atoms with Gasteiger partial charge in [0.05, 0.1) is 6.61 Å². The van der Waals surface area contributed by atoms with Gasteiger partial charge in [-0.2, -0.15) is 0 Å². The molecule has 150 valence electrons. The molecule has 2 rings (SSSR count). The van der Waals surface area contributed by atoms with Gasteiger partial charge in [-0.3, -0.25) is 4.79 Å². The predicted octanol–water partition coefficient (Wildman–Crippen LogP) is 3.25. The minimum Gasteiger partial charge on any atom is -0.481 e. The number of halogens is 1. The molecule has 0 heterocycles. The fraction of sp³-hybridized carbons (Fsp3) is 0.333. The Kier molecular flexibility index (Phi) is 8.42. The average molecular weight is 388 g/mol. The highest BCUT2D eigenvalue weighted by atomic mass is 19.1. The van der Waals surface area contributed by atoms with Crippen LogP contribution in [0.4, 0.5) is 9.18 Å². The minimum absolute atomic E-state index is 0.0316. The van der Waals surface area contributed by atoms with Crippen LogP contribution in [0.5, 0.6) is 0 Å². The largest absolute Gasteiger partial charge is 0.481 e. The second-order valence-corrected chi connectivity index (χ2v) is 6.50. The first-order valence-electron chi connectivity index (χ1n) is 9.04. The molecule has 0 fully saturated rings. The molecule has 2 aromatic rings. The maximum atomic E-state index is 13.7. The van der Waals surface area contributed by atoms with Crippen molar-refractivity contribution in [2.45, 2.75) is 38.5 Å². The van der Waals surface area contributed by atoms with Crippen molar-refractivity contribution in [3.8, 4) is 0 Å². The molecule has 3 N–H and O–H groups in total. The summed E-state index contributed by atoms with van der Waals surface area (Å²) >= 11 is 0. The Morgan fingerprint density at radius 1 is 1.14 bits per heavy atom. The maximum absolute atomic E-state index is 13.7. The lowest BCUT2D eigenvalue weighted by molar-refractivity contribution is -0.137. The normalized spacial score (nSPS) is 11.6. The molecule has 2 amide bonds. The van der Waals surface area contributed by atoms with Gasteiger partial charge < -0.3 is 20.5 Å². The number of amides is 2. The topological polar surface area (TPSA) is 87.7 Å². The third-order valence-electron chi connectivity index (χ3n) is 4.23. The lowest BCUT2D eigenvalue weighted by Gasteiger charge is -2.19. The van der Waals surface area contributed by atoms with Gasteiger partial charge in [0, 0.05) is 31.7 Å². The molecule has 7 heteroatoms. The number of nitrogens with one attached hydrogen (secondary N) is 2. The molecule has 0 aliphatic rings. The summed E-state index contributed by atoms with van der Waals surface area (Å²) in [5.41, 5.74) is 2.18. The number of urea groups is 1. The first kappa shape index (κ1) is 21.4. The lowest BCUT2D eigenvalue weighted by atomic mass is 10.0. The fourth-order valence-electron chi connectivity index (χ4n) is 2.84. The monoisotopic (exact) mass is 388 g/mol. The van der Waals surface area contributed by atoms with Crippen molar-refractivity contribution in [1.29, 1.82) is 0 Å². The molecule has 28 heavy (non-hydrogen) atoms. The van der Waals surface area contributed by atoms with Crippen molar-refractivity contribution in [2.75, 3.05) is 7.11 Å². The van der Waals surface area contributed by atoms with Gasteiger partial charge in [0.1, 0.15) is 5.82 Å². The highest BCUT2D eigenvalue weighted by Gasteiger charge is 2.15. The van der Waals surface area contributed by atoms with E-state index in [1.165, 1.54) is 13.2 Å². The van der Waals surface area contributed by atoms with Crippen molar-refractivity contribution >= 4 is 12.0 Å². The minimum atomic E-state index is -0.905. The molecule has 0 saturated heterocycles. The first-order chi connectivity index (χ1) is 13.5. The second kappa shape index (κ2) is 11.0. The van der Waals surface area contributed by atoms with Gasteiger partial charge in [0.2, 0.25) is 0 Å². The summed E-state index contributed by atoms with van der Waals surface area (Å²) in [6.45, 7) is 0.375. The molecule has 0 saturated carbocycles. The number of carboxylic acid groups (broad SMARTS) is 1. The number of benzene rings is 2. The van der Waals surface area contributed by atoms with Crippen LogP contribution in [-0.4, -0.2) is 30.3 Å². The smallest absolute Gasteiger partial charge is 0.315 e.